The third-order valence-electron chi connectivity index (χ3n) is 5.70. The number of amides is 1. The third kappa shape index (κ3) is 3.64. The number of ether oxygens (including phenoxy) is 1. The van der Waals surface area contributed by atoms with E-state index in [0.29, 0.717) is 11.6 Å². The molecule has 0 bridgehead atoms. The predicted octanol–water partition coefficient (Wildman–Crippen LogP) is 4.24. The summed E-state index contributed by atoms with van der Waals surface area (Å²) >= 11 is 5.89. The number of cyclic esters (lactones) is 1. The first-order valence-electron chi connectivity index (χ1n) is 10.1. The molecule has 0 unspecified atom stereocenters. The number of hydrogen-bond donors (Lipinski definition) is 1. The van der Waals surface area contributed by atoms with Gasteiger partial charge in [0.25, 0.3) is 0 Å². The van der Waals surface area contributed by atoms with Crippen LogP contribution in [0.5, 0.6) is 0 Å². The van der Waals surface area contributed by atoms with Crippen molar-refractivity contribution in [3.05, 3.63) is 59.5 Å². The van der Waals surface area contributed by atoms with E-state index in [2.05, 4.69) is 20.3 Å². The van der Waals surface area contributed by atoms with E-state index in [0.717, 1.165) is 18.5 Å². The Bertz CT molecular complexity index is 1180. The molecule has 5 rings (SSSR count). The van der Waals surface area contributed by atoms with Crippen LogP contribution in [0.1, 0.15) is 25.5 Å². The SMILES string of the molecule is C[C@H](F)[C@H]1COC(=O)N1c1ccnc(NC2(c3cn(-c4ccc(F)c(Cl)c4)cn3)CC2)n1. The van der Waals surface area contributed by atoms with Crippen molar-refractivity contribution in [1.82, 2.24) is 19.5 Å². The average molecular weight is 461 g/mol. The molecule has 1 N–H and O–H groups in total. The largest absolute Gasteiger partial charge is 0.447 e. The summed E-state index contributed by atoms with van der Waals surface area (Å²) in [5, 5.41) is 3.33. The molecule has 1 amide bonds. The van der Waals surface area contributed by atoms with Crippen LogP contribution >= 0.6 is 11.6 Å². The highest BCUT2D eigenvalue weighted by molar-refractivity contribution is 6.30. The lowest BCUT2D eigenvalue weighted by Gasteiger charge is -2.22. The minimum atomic E-state index is -1.27. The van der Waals surface area contributed by atoms with Gasteiger partial charge in [-0.1, -0.05) is 11.6 Å². The van der Waals surface area contributed by atoms with Crippen molar-refractivity contribution >= 4 is 29.5 Å². The van der Waals surface area contributed by atoms with E-state index in [9.17, 15) is 13.6 Å². The molecule has 8 nitrogen and oxygen atoms in total. The number of nitrogens with one attached hydrogen (secondary N) is 1. The van der Waals surface area contributed by atoms with Crippen LogP contribution in [-0.4, -0.2) is 44.4 Å². The zero-order chi connectivity index (χ0) is 22.5. The molecule has 3 heterocycles. The number of nitrogens with zero attached hydrogens (tertiary/aromatic N) is 5. The van der Waals surface area contributed by atoms with E-state index >= 15 is 0 Å². The Balaban J connectivity index is 1.38. The normalized spacial score (nSPS) is 20.2. The molecule has 1 aromatic carbocycles. The molecule has 32 heavy (non-hydrogen) atoms. The molecule has 1 aliphatic heterocycles. The number of anilines is 2. The van der Waals surface area contributed by atoms with Crippen LogP contribution in [-0.2, 0) is 10.3 Å². The second-order valence-electron chi connectivity index (χ2n) is 7.90. The van der Waals surface area contributed by atoms with Crippen molar-refractivity contribution in [2.24, 2.45) is 0 Å². The Kier molecular flexibility index (Phi) is 4.96. The summed E-state index contributed by atoms with van der Waals surface area (Å²) in [4.78, 5) is 26.5. The maximum atomic E-state index is 13.9. The Morgan fingerprint density at radius 2 is 2.12 bits per heavy atom. The first-order chi connectivity index (χ1) is 15.4. The third-order valence-corrected chi connectivity index (χ3v) is 5.99. The number of alkyl halides is 1. The average Bonchev–Trinajstić information content (AvgIpc) is 3.20. The zero-order valence-electron chi connectivity index (χ0n) is 17.0. The highest BCUT2D eigenvalue weighted by atomic mass is 35.5. The minimum Gasteiger partial charge on any atom is -0.447 e. The second kappa shape index (κ2) is 7.70. The zero-order valence-corrected chi connectivity index (χ0v) is 17.8. The van der Waals surface area contributed by atoms with Gasteiger partial charge in [-0.05, 0) is 44.0 Å². The highest BCUT2D eigenvalue weighted by Crippen LogP contribution is 2.47. The number of rotatable bonds is 6. The van der Waals surface area contributed by atoms with Crippen molar-refractivity contribution in [2.75, 3.05) is 16.8 Å². The molecule has 1 saturated carbocycles. The molecule has 2 aromatic heterocycles. The molecule has 166 valence electrons. The summed E-state index contributed by atoms with van der Waals surface area (Å²) in [7, 11) is 0. The first-order valence-corrected chi connectivity index (χ1v) is 10.5. The van der Waals surface area contributed by atoms with Gasteiger partial charge in [-0.3, -0.25) is 4.90 Å². The monoisotopic (exact) mass is 460 g/mol. The maximum absolute atomic E-state index is 13.9. The van der Waals surface area contributed by atoms with Gasteiger partial charge >= 0.3 is 6.09 Å². The summed E-state index contributed by atoms with van der Waals surface area (Å²) in [6, 6.07) is 5.25. The van der Waals surface area contributed by atoms with E-state index in [1.54, 1.807) is 23.0 Å². The highest BCUT2D eigenvalue weighted by Gasteiger charge is 2.47. The molecule has 0 spiro atoms. The summed E-state index contributed by atoms with van der Waals surface area (Å²) < 4.78 is 34.2. The molecule has 3 aromatic rings. The number of benzene rings is 1. The number of carbonyl (C=O) groups excluding carboxylic acids is 1. The van der Waals surface area contributed by atoms with Crippen molar-refractivity contribution in [3.63, 3.8) is 0 Å². The van der Waals surface area contributed by atoms with Crippen molar-refractivity contribution in [2.45, 2.75) is 37.5 Å². The van der Waals surface area contributed by atoms with Gasteiger partial charge in [0.1, 0.15) is 30.5 Å². The molecule has 11 heteroatoms. The quantitative estimate of drug-likeness (QED) is 0.592. The van der Waals surface area contributed by atoms with Gasteiger partial charge < -0.3 is 14.6 Å². The Morgan fingerprint density at radius 3 is 2.84 bits per heavy atom. The van der Waals surface area contributed by atoms with E-state index < -0.39 is 29.7 Å². The summed E-state index contributed by atoms with van der Waals surface area (Å²) in [6.07, 6.45) is 4.67. The van der Waals surface area contributed by atoms with E-state index in [4.69, 9.17) is 16.3 Å². The Labute approximate surface area is 187 Å². The first kappa shape index (κ1) is 20.6. The number of imidazole rings is 1. The second-order valence-corrected chi connectivity index (χ2v) is 8.31. The van der Waals surface area contributed by atoms with Crippen LogP contribution in [0.3, 0.4) is 0 Å². The van der Waals surface area contributed by atoms with Gasteiger partial charge in [0.05, 0.1) is 22.6 Å². The fraction of sp³-hybridized carbons (Fsp3) is 0.333. The van der Waals surface area contributed by atoms with Crippen LogP contribution in [0, 0.1) is 5.82 Å². The van der Waals surface area contributed by atoms with Gasteiger partial charge in [-0.2, -0.15) is 4.98 Å². The van der Waals surface area contributed by atoms with Gasteiger partial charge in [-0.25, -0.2) is 23.5 Å². The molecular weight excluding hydrogens is 442 g/mol. The number of halogens is 3. The van der Waals surface area contributed by atoms with E-state index in [-0.39, 0.29) is 17.4 Å². The van der Waals surface area contributed by atoms with Gasteiger partial charge in [0.15, 0.2) is 0 Å². The fourth-order valence-corrected chi connectivity index (χ4v) is 3.90. The van der Waals surface area contributed by atoms with Gasteiger partial charge in [0, 0.05) is 18.1 Å². The lowest BCUT2D eigenvalue weighted by molar-refractivity contribution is 0.174. The molecule has 2 fully saturated rings. The smallest absolute Gasteiger partial charge is 0.416 e. The maximum Gasteiger partial charge on any atom is 0.416 e. The van der Waals surface area contributed by atoms with Crippen LogP contribution in [0.4, 0.5) is 25.3 Å². The molecule has 1 aliphatic carbocycles. The number of carbonyl (C=O) groups is 1. The summed E-state index contributed by atoms with van der Waals surface area (Å²) in [5.74, 6) is 0.0746. The Morgan fingerprint density at radius 1 is 1.31 bits per heavy atom. The predicted molar refractivity (Wildman–Crippen MR) is 113 cm³/mol. The lowest BCUT2D eigenvalue weighted by Crippen LogP contribution is -2.39. The molecular formula is C21H19ClF2N6O2. The number of aromatic nitrogens is 4. The molecule has 2 aliphatic rings. The van der Waals surface area contributed by atoms with E-state index in [1.165, 1.54) is 30.2 Å². The van der Waals surface area contributed by atoms with Crippen molar-refractivity contribution in [3.8, 4) is 5.69 Å². The van der Waals surface area contributed by atoms with E-state index in [1.807, 2.05) is 6.20 Å². The fourth-order valence-electron chi connectivity index (χ4n) is 3.72. The van der Waals surface area contributed by atoms with Crippen molar-refractivity contribution < 1.29 is 18.3 Å². The number of hydrogen-bond acceptors (Lipinski definition) is 6. The lowest BCUT2D eigenvalue weighted by atomic mass is 10.2. The molecule has 1 saturated heterocycles. The summed E-state index contributed by atoms with van der Waals surface area (Å²) in [6.45, 7) is 1.35. The van der Waals surface area contributed by atoms with Crippen LogP contribution in [0.25, 0.3) is 5.69 Å². The molecule has 0 radical (unpaired) electrons. The van der Waals surface area contributed by atoms with Crippen LogP contribution in [0.15, 0.2) is 43.0 Å². The Hall–Kier alpha value is -3.27. The standard InChI is InChI=1S/C21H19ClF2N6O2/c1-12(23)16-10-32-20(31)30(16)18-4-7-25-19(27-18)28-21(5-6-21)17-9-29(11-26-17)13-2-3-15(24)14(22)8-13/h2-4,7-9,11-12,16H,5-6,10H2,1H3,(H,25,27,28)/t12-,16+/m0/s1. The van der Waals surface area contributed by atoms with Gasteiger partial charge in [0.2, 0.25) is 5.95 Å². The van der Waals surface area contributed by atoms with Crippen LogP contribution < -0.4 is 10.2 Å². The van der Waals surface area contributed by atoms with Gasteiger partial charge in [-0.15, -0.1) is 0 Å². The minimum absolute atomic E-state index is 0.0297. The summed E-state index contributed by atoms with van der Waals surface area (Å²) in [5.41, 5.74) is 0.984. The van der Waals surface area contributed by atoms with Crippen LogP contribution in [0.2, 0.25) is 5.02 Å². The molecule has 2 atom stereocenters. The van der Waals surface area contributed by atoms with Crippen molar-refractivity contribution in [1.29, 1.82) is 0 Å². The topological polar surface area (TPSA) is 85.2 Å².